The summed E-state index contributed by atoms with van der Waals surface area (Å²) in [5, 5.41) is 3.60. The zero-order chi connectivity index (χ0) is 15.4. The van der Waals surface area contributed by atoms with Crippen molar-refractivity contribution in [1.29, 1.82) is 0 Å². The van der Waals surface area contributed by atoms with Crippen LogP contribution in [0.4, 0.5) is 0 Å². The fourth-order valence-electron chi connectivity index (χ4n) is 2.04. The molecule has 5 heteroatoms. The van der Waals surface area contributed by atoms with Crippen molar-refractivity contribution in [3.05, 3.63) is 63.9 Å². The van der Waals surface area contributed by atoms with Gasteiger partial charge in [-0.1, -0.05) is 49.2 Å². The molecule has 1 amide bonds. The lowest BCUT2D eigenvalue weighted by Gasteiger charge is -2.22. The van der Waals surface area contributed by atoms with Crippen molar-refractivity contribution in [2.45, 2.75) is 19.9 Å². The highest BCUT2D eigenvalue weighted by molar-refractivity contribution is 6.43. The molecule has 0 fully saturated rings. The molecule has 0 aliphatic carbocycles. The molecule has 2 aromatic rings. The van der Waals surface area contributed by atoms with Gasteiger partial charge < -0.3 is 5.32 Å². The minimum Gasteiger partial charge on any atom is -0.343 e. The first-order chi connectivity index (χ1) is 10.0. The molecule has 0 saturated heterocycles. The van der Waals surface area contributed by atoms with E-state index < -0.39 is 0 Å². The van der Waals surface area contributed by atoms with Crippen molar-refractivity contribution in [3.8, 4) is 0 Å². The Morgan fingerprint density at radius 3 is 2.52 bits per heavy atom. The predicted octanol–water partition coefficient (Wildman–Crippen LogP) is 4.52. The van der Waals surface area contributed by atoms with E-state index in [1.807, 2.05) is 32.0 Å². The summed E-state index contributed by atoms with van der Waals surface area (Å²) in [5.41, 5.74) is 1.18. The van der Waals surface area contributed by atoms with Crippen LogP contribution in [0.3, 0.4) is 0 Å². The van der Waals surface area contributed by atoms with Gasteiger partial charge in [0.15, 0.2) is 0 Å². The number of carbonyl (C=O) groups is 1. The fourth-order valence-corrected chi connectivity index (χ4v) is 2.43. The minimum absolute atomic E-state index is 0.186. The molecule has 0 saturated carbocycles. The molecule has 1 heterocycles. The molecule has 1 unspecified atom stereocenters. The first-order valence-electron chi connectivity index (χ1n) is 6.66. The molecular formula is C16H16Cl2N2O. The van der Waals surface area contributed by atoms with E-state index in [0.29, 0.717) is 10.6 Å². The van der Waals surface area contributed by atoms with Crippen LogP contribution in [0.15, 0.2) is 42.6 Å². The summed E-state index contributed by atoms with van der Waals surface area (Å²) in [6, 6.07) is 10.5. The highest BCUT2D eigenvalue weighted by atomic mass is 35.5. The van der Waals surface area contributed by atoms with Gasteiger partial charge in [-0.05, 0) is 30.2 Å². The average Bonchev–Trinajstić information content (AvgIpc) is 2.48. The van der Waals surface area contributed by atoms with Crippen molar-refractivity contribution in [3.63, 3.8) is 0 Å². The summed E-state index contributed by atoms with van der Waals surface area (Å²) < 4.78 is 0. The standard InChI is InChI=1S/C16H16Cl2N2O/c1-10(2)15(13-8-3-4-9-19-13)20-16(21)11-6-5-7-12(17)14(11)18/h3-10,15H,1-2H3,(H,20,21). The largest absolute Gasteiger partial charge is 0.343 e. The van der Waals surface area contributed by atoms with Gasteiger partial charge in [-0.25, -0.2) is 0 Å². The summed E-state index contributed by atoms with van der Waals surface area (Å²) in [4.78, 5) is 16.7. The van der Waals surface area contributed by atoms with E-state index in [9.17, 15) is 4.79 Å². The lowest BCUT2D eigenvalue weighted by Crippen LogP contribution is -2.32. The Bertz CT molecular complexity index is 629. The number of hydrogen-bond acceptors (Lipinski definition) is 2. The van der Waals surface area contributed by atoms with E-state index in [1.165, 1.54) is 0 Å². The number of benzene rings is 1. The molecule has 21 heavy (non-hydrogen) atoms. The van der Waals surface area contributed by atoms with Crippen molar-refractivity contribution < 1.29 is 4.79 Å². The van der Waals surface area contributed by atoms with E-state index in [4.69, 9.17) is 23.2 Å². The molecule has 110 valence electrons. The van der Waals surface area contributed by atoms with Crippen LogP contribution in [-0.4, -0.2) is 10.9 Å². The van der Waals surface area contributed by atoms with Crippen LogP contribution < -0.4 is 5.32 Å². The maximum absolute atomic E-state index is 12.4. The Hall–Kier alpha value is -1.58. The zero-order valence-electron chi connectivity index (χ0n) is 11.8. The summed E-state index contributed by atoms with van der Waals surface area (Å²) >= 11 is 12.0. The first kappa shape index (κ1) is 15.8. The number of halogens is 2. The summed E-state index contributed by atoms with van der Waals surface area (Å²) in [6.07, 6.45) is 1.71. The fraction of sp³-hybridized carbons (Fsp3) is 0.250. The molecule has 0 bridgehead atoms. The molecule has 2 rings (SSSR count). The third-order valence-electron chi connectivity index (χ3n) is 3.16. The Balaban J connectivity index is 2.25. The Labute approximate surface area is 134 Å². The van der Waals surface area contributed by atoms with Gasteiger partial charge in [0.1, 0.15) is 0 Å². The zero-order valence-corrected chi connectivity index (χ0v) is 13.3. The summed E-state index contributed by atoms with van der Waals surface area (Å²) in [7, 11) is 0. The molecule has 1 atom stereocenters. The molecule has 0 aliphatic rings. The quantitative estimate of drug-likeness (QED) is 0.899. The number of nitrogens with one attached hydrogen (secondary N) is 1. The highest BCUT2D eigenvalue weighted by Gasteiger charge is 2.21. The molecule has 1 N–H and O–H groups in total. The summed E-state index contributed by atoms with van der Waals surface area (Å²) in [5.74, 6) is -0.0614. The van der Waals surface area contributed by atoms with Crippen LogP contribution >= 0.6 is 23.2 Å². The number of hydrogen-bond donors (Lipinski definition) is 1. The smallest absolute Gasteiger partial charge is 0.253 e. The van der Waals surface area contributed by atoms with Gasteiger partial charge in [0, 0.05) is 6.20 Å². The van der Waals surface area contributed by atoms with E-state index in [-0.39, 0.29) is 22.9 Å². The molecule has 0 radical (unpaired) electrons. The van der Waals surface area contributed by atoms with Crippen LogP contribution in [0.5, 0.6) is 0 Å². The first-order valence-corrected chi connectivity index (χ1v) is 7.42. The van der Waals surface area contributed by atoms with Crippen LogP contribution in [0.25, 0.3) is 0 Å². The molecule has 1 aromatic carbocycles. The van der Waals surface area contributed by atoms with E-state index in [0.717, 1.165) is 5.69 Å². The van der Waals surface area contributed by atoms with Crippen molar-refractivity contribution in [2.24, 2.45) is 5.92 Å². The maximum Gasteiger partial charge on any atom is 0.253 e. The van der Waals surface area contributed by atoms with Crippen molar-refractivity contribution in [2.75, 3.05) is 0 Å². The predicted molar refractivity (Wildman–Crippen MR) is 85.7 cm³/mol. The van der Waals surface area contributed by atoms with Crippen LogP contribution in [0.2, 0.25) is 10.0 Å². The van der Waals surface area contributed by atoms with E-state index in [2.05, 4.69) is 10.3 Å². The van der Waals surface area contributed by atoms with E-state index >= 15 is 0 Å². The second kappa shape index (κ2) is 6.92. The van der Waals surface area contributed by atoms with Gasteiger partial charge in [-0.2, -0.15) is 0 Å². The lowest BCUT2D eigenvalue weighted by atomic mass is 9.99. The van der Waals surface area contributed by atoms with Gasteiger partial charge in [-0.15, -0.1) is 0 Å². The van der Waals surface area contributed by atoms with Gasteiger partial charge in [0.25, 0.3) is 5.91 Å². The second-order valence-electron chi connectivity index (χ2n) is 5.05. The van der Waals surface area contributed by atoms with E-state index in [1.54, 1.807) is 24.4 Å². The van der Waals surface area contributed by atoms with Gasteiger partial charge >= 0.3 is 0 Å². The number of aromatic nitrogens is 1. The topological polar surface area (TPSA) is 42.0 Å². The summed E-state index contributed by atoms with van der Waals surface area (Å²) in [6.45, 7) is 4.05. The van der Waals surface area contributed by atoms with Crippen molar-refractivity contribution in [1.82, 2.24) is 10.3 Å². The lowest BCUT2D eigenvalue weighted by molar-refractivity contribution is 0.0924. The molecule has 0 aliphatic heterocycles. The third kappa shape index (κ3) is 3.74. The Morgan fingerprint density at radius 1 is 1.14 bits per heavy atom. The average molecular weight is 323 g/mol. The third-order valence-corrected chi connectivity index (χ3v) is 3.97. The second-order valence-corrected chi connectivity index (χ2v) is 5.84. The molecule has 1 aromatic heterocycles. The van der Waals surface area contributed by atoms with Gasteiger partial charge in [-0.3, -0.25) is 9.78 Å². The van der Waals surface area contributed by atoms with Crippen LogP contribution in [-0.2, 0) is 0 Å². The Kier molecular flexibility index (Phi) is 5.21. The number of pyridine rings is 1. The molecule has 3 nitrogen and oxygen atoms in total. The molecular weight excluding hydrogens is 307 g/mol. The maximum atomic E-state index is 12.4. The Morgan fingerprint density at radius 2 is 1.90 bits per heavy atom. The minimum atomic E-state index is -0.258. The number of amides is 1. The number of carbonyl (C=O) groups excluding carboxylic acids is 1. The normalized spacial score (nSPS) is 12.2. The SMILES string of the molecule is CC(C)C(NC(=O)c1cccc(Cl)c1Cl)c1ccccn1. The van der Waals surface area contributed by atoms with Gasteiger partial charge in [0.2, 0.25) is 0 Å². The monoisotopic (exact) mass is 322 g/mol. The van der Waals surface area contributed by atoms with Gasteiger partial charge in [0.05, 0.1) is 27.3 Å². The number of rotatable bonds is 4. The number of nitrogens with zero attached hydrogens (tertiary/aromatic N) is 1. The van der Waals surface area contributed by atoms with Crippen LogP contribution in [0.1, 0.15) is 35.9 Å². The van der Waals surface area contributed by atoms with Crippen LogP contribution in [0, 0.1) is 5.92 Å². The molecule has 0 spiro atoms. The van der Waals surface area contributed by atoms with Crippen molar-refractivity contribution >= 4 is 29.1 Å². The highest BCUT2D eigenvalue weighted by Crippen LogP contribution is 2.27.